The predicted molar refractivity (Wildman–Crippen MR) is 96.3 cm³/mol. The summed E-state index contributed by atoms with van der Waals surface area (Å²) in [5.41, 5.74) is 0.861. The first kappa shape index (κ1) is 15.5. The quantitative estimate of drug-likeness (QED) is 0.617. The monoisotopic (exact) mass is 411 g/mol. The van der Waals surface area contributed by atoms with Crippen LogP contribution in [0.25, 0.3) is 21.9 Å². The van der Waals surface area contributed by atoms with Crippen LogP contribution in [-0.2, 0) is 7.02 Å². The fourth-order valence-electron chi connectivity index (χ4n) is 3.63. The third kappa shape index (κ3) is 2.50. The molecular weight excluding hydrogens is 394 g/mol. The van der Waals surface area contributed by atoms with Crippen LogP contribution in [0.1, 0.15) is 13.8 Å². The minimum Gasteiger partial charge on any atom is -0.300 e. The largest absolute Gasteiger partial charge is 0.329 e. The van der Waals surface area contributed by atoms with Gasteiger partial charge in [0.25, 0.3) is 5.92 Å². The summed E-state index contributed by atoms with van der Waals surface area (Å²) in [5.74, 6) is -3.04. The number of aryl methyl sites for hydroxylation is 1. The molecule has 0 aliphatic carbocycles. The van der Waals surface area contributed by atoms with Crippen molar-refractivity contribution in [2.75, 3.05) is 20.1 Å². The van der Waals surface area contributed by atoms with E-state index in [1.165, 1.54) is 15.3 Å². The molecule has 0 radical (unpaired) electrons. The van der Waals surface area contributed by atoms with Crippen LogP contribution >= 0.6 is 15.9 Å². The summed E-state index contributed by atoms with van der Waals surface area (Å²) in [5, 5.41) is 0.621. The van der Waals surface area contributed by atoms with Crippen molar-refractivity contribution in [1.82, 2.24) is 19.0 Å². The average molecular weight is 412 g/mol. The first-order chi connectivity index (χ1) is 12.3. The van der Waals surface area contributed by atoms with Crippen molar-refractivity contribution in [3.8, 4) is 0 Å². The average Bonchev–Trinajstić information content (AvgIpc) is 2.86. The zero-order valence-corrected chi connectivity index (χ0v) is 15.1. The molecule has 1 atom stereocenters. The molecular formula is C17H17BrF2N4O. The van der Waals surface area contributed by atoms with Crippen LogP contribution in [0.2, 0.25) is 0 Å². The van der Waals surface area contributed by atoms with E-state index in [0.29, 0.717) is 28.5 Å². The fourth-order valence-corrected chi connectivity index (χ4v) is 3.99. The van der Waals surface area contributed by atoms with Gasteiger partial charge in [-0.1, -0.05) is 15.9 Å². The molecule has 1 fully saturated rings. The summed E-state index contributed by atoms with van der Waals surface area (Å²) in [6, 6.07) is 4.13. The predicted octanol–water partition coefficient (Wildman–Crippen LogP) is 3.16. The fraction of sp³-hybridized carbons (Fsp3) is 0.412. The van der Waals surface area contributed by atoms with E-state index in [-0.39, 0.29) is 13.4 Å². The third-order valence-electron chi connectivity index (χ3n) is 4.82. The molecule has 0 amide bonds. The second-order valence-corrected chi connectivity index (χ2v) is 7.45. The number of benzene rings is 1. The lowest BCUT2D eigenvalue weighted by Crippen LogP contribution is -2.49. The number of fused-ring (bicyclic) bond motifs is 3. The molecule has 5 nitrogen and oxygen atoms in total. The molecule has 2 aromatic heterocycles. The van der Waals surface area contributed by atoms with Crippen LogP contribution in [0.15, 0.2) is 33.7 Å². The number of rotatable bonds is 1. The van der Waals surface area contributed by atoms with E-state index in [1.807, 2.05) is 6.07 Å². The van der Waals surface area contributed by atoms with Gasteiger partial charge in [-0.15, -0.1) is 0 Å². The SMILES string of the molecule is [2H]Cn1c(=O)n(C2CCN(C)CC2(F)F)c2c3cc(Br)ccc3ncc21. The maximum absolute atomic E-state index is 14.8. The number of alkyl halides is 2. The lowest BCUT2D eigenvalue weighted by Gasteiger charge is -2.37. The number of pyridine rings is 1. The van der Waals surface area contributed by atoms with Crippen molar-refractivity contribution in [3.05, 3.63) is 39.4 Å². The van der Waals surface area contributed by atoms with Gasteiger partial charge in [0.05, 0.1) is 29.3 Å². The van der Waals surface area contributed by atoms with Crippen LogP contribution in [0.3, 0.4) is 0 Å². The Morgan fingerprint density at radius 3 is 2.96 bits per heavy atom. The Morgan fingerprint density at radius 2 is 2.24 bits per heavy atom. The smallest absolute Gasteiger partial charge is 0.300 e. The van der Waals surface area contributed by atoms with Gasteiger partial charge in [-0.25, -0.2) is 13.6 Å². The first-order valence-electron chi connectivity index (χ1n) is 8.59. The van der Waals surface area contributed by atoms with Gasteiger partial charge in [-0.3, -0.25) is 14.1 Å². The van der Waals surface area contributed by atoms with Crippen LogP contribution in [0.5, 0.6) is 0 Å². The molecule has 1 aliphatic heterocycles. The highest BCUT2D eigenvalue weighted by Crippen LogP contribution is 2.38. The van der Waals surface area contributed by atoms with Crippen molar-refractivity contribution in [2.45, 2.75) is 18.4 Å². The van der Waals surface area contributed by atoms with Gasteiger partial charge in [0, 0.05) is 24.8 Å². The highest BCUT2D eigenvalue weighted by Gasteiger charge is 2.46. The molecule has 8 heteroatoms. The van der Waals surface area contributed by atoms with Crippen molar-refractivity contribution in [1.29, 1.82) is 0 Å². The second kappa shape index (κ2) is 5.60. The highest BCUT2D eigenvalue weighted by atomic mass is 79.9. The zero-order valence-electron chi connectivity index (χ0n) is 14.5. The van der Waals surface area contributed by atoms with Gasteiger partial charge >= 0.3 is 5.69 Å². The molecule has 0 saturated carbocycles. The summed E-state index contributed by atoms with van der Waals surface area (Å²) in [6.07, 6.45) is 1.66. The molecule has 1 aliphatic rings. The van der Waals surface area contributed by atoms with Gasteiger partial charge in [0.2, 0.25) is 0 Å². The Hall–Kier alpha value is -1.80. The third-order valence-corrected chi connectivity index (χ3v) is 5.31. The number of halogens is 3. The summed E-state index contributed by atoms with van der Waals surface area (Å²) in [6.45, 7) is 0.0807. The lowest BCUT2D eigenvalue weighted by atomic mass is 10.0. The van der Waals surface area contributed by atoms with Crippen LogP contribution in [-0.4, -0.2) is 45.1 Å². The van der Waals surface area contributed by atoms with E-state index in [4.69, 9.17) is 1.37 Å². The maximum Gasteiger partial charge on any atom is 0.329 e. The molecule has 0 spiro atoms. The van der Waals surface area contributed by atoms with Gasteiger partial charge in [-0.05, 0) is 31.7 Å². The molecule has 0 N–H and O–H groups in total. The summed E-state index contributed by atoms with van der Waals surface area (Å²) in [4.78, 5) is 18.8. The van der Waals surface area contributed by atoms with E-state index in [9.17, 15) is 13.6 Å². The molecule has 0 bridgehead atoms. The van der Waals surface area contributed by atoms with Crippen LogP contribution < -0.4 is 5.69 Å². The van der Waals surface area contributed by atoms with Crippen molar-refractivity contribution in [3.63, 3.8) is 0 Å². The molecule has 132 valence electrons. The highest BCUT2D eigenvalue weighted by molar-refractivity contribution is 9.10. The molecule has 4 rings (SSSR count). The topological polar surface area (TPSA) is 43.1 Å². The number of imidazole rings is 1. The number of likely N-dealkylation sites (tertiary alicyclic amines) is 1. The van der Waals surface area contributed by atoms with Crippen molar-refractivity contribution >= 4 is 37.9 Å². The van der Waals surface area contributed by atoms with E-state index in [1.54, 1.807) is 24.1 Å². The lowest BCUT2D eigenvalue weighted by molar-refractivity contribution is -0.0977. The van der Waals surface area contributed by atoms with E-state index >= 15 is 0 Å². The Bertz CT molecular complexity index is 1060. The van der Waals surface area contributed by atoms with Crippen molar-refractivity contribution in [2.24, 2.45) is 7.02 Å². The molecule has 1 unspecified atom stereocenters. The molecule has 1 aromatic carbocycles. The summed E-state index contributed by atoms with van der Waals surface area (Å²) in [7, 11) is 1.30. The number of aromatic nitrogens is 3. The van der Waals surface area contributed by atoms with Gasteiger partial charge in [-0.2, -0.15) is 0 Å². The molecule has 25 heavy (non-hydrogen) atoms. The molecule has 3 aromatic rings. The van der Waals surface area contributed by atoms with Crippen molar-refractivity contribution < 1.29 is 10.2 Å². The van der Waals surface area contributed by atoms with Gasteiger partial charge in [0.1, 0.15) is 6.04 Å². The number of nitrogens with zero attached hydrogens (tertiary/aromatic N) is 4. The minimum atomic E-state index is -3.04. The normalized spacial score (nSPS) is 21.8. The Morgan fingerprint density at radius 1 is 1.44 bits per heavy atom. The number of piperidine rings is 1. The van der Waals surface area contributed by atoms with E-state index in [0.717, 1.165) is 4.47 Å². The summed E-state index contributed by atoms with van der Waals surface area (Å²) >= 11 is 3.40. The Kier molecular flexibility index (Phi) is 3.46. The van der Waals surface area contributed by atoms with E-state index < -0.39 is 24.2 Å². The second-order valence-electron chi connectivity index (χ2n) is 6.54. The Labute approximate surface area is 152 Å². The zero-order chi connectivity index (χ0) is 18.6. The van der Waals surface area contributed by atoms with Gasteiger partial charge in [0.15, 0.2) is 0 Å². The van der Waals surface area contributed by atoms with E-state index in [2.05, 4.69) is 20.9 Å². The first-order valence-corrected chi connectivity index (χ1v) is 8.67. The van der Waals surface area contributed by atoms with Crippen LogP contribution in [0.4, 0.5) is 8.78 Å². The van der Waals surface area contributed by atoms with Crippen LogP contribution in [0, 0.1) is 0 Å². The number of hydrogen-bond acceptors (Lipinski definition) is 3. The maximum atomic E-state index is 14.8. The molecule has 1 saturated heterocycles. The summed E-state index contributed by atoms with van der Waals surface area (Å²) < 4.78 is 40.5. The minimum absolute atomic E-state index is 0.165. The Balaban J connectivity index is 2.09. The standard InChI is InChI=1S/C17H17BrF2N4O/c1-22-6-5-14(17(19,20)9-22)24-15-11-7-10(18)3-4-12(11)21-8-13(15)23(2)16(24)25/h3-4,7-8,14H,5-6,9H2,1-2H3/i2D. The molecule has 3 heterocycles. The number of hydrogen-bond donors (Lipinski definition) is 0. The van der Waals surface area contributed by atoms with Gasteiger partial charge < -0.3 is 4.90 Å².